The minimum atomic E-state index is -0.0181. The normalized spacial score (nSPS) is 13.3. The van der Waals surface area contributed by atoms with Gasteiger partial charge in [-0.2, -0.15) is 0 Å². The summed E-state index contributed by atoms with van der Waals surface area (Å²) in [7, 11) is 3.23. The van der Waals surface area contributed by atoms with Gasteiger partial charge in [-0.1, -0.05) is 0 Å². The van der Waals surface area contributed by atoms with Gasteiger partial charge in [-0.05, 0) is 29.7 Å². The van der Waals surface area contributed by atoms with Crippen LogP contribution in [-0.2, 0) is 17.8 Å². The maximum Gasteiger partial charge on any atom is 0.236 e. The number of carbonyl (C=O) groups is 1. The van der Waals surface area contributed by atoms with E-state index in [4.69, 9.17) is 15.2 Å². The van der Waals surface area contributed by atoms with Gasteiger partial charge in [0, 0.05) is 13.1 Å². The molecular weight excluding hydrogens is 268 g/mol. The number of benzene rings is 1. The number of nitrogens with zero attached hydrogens (tertiary/aromatic N) is 1. The Labute approximate surface area is 119 Å². The minimum absolute atomic E-state index is 0. The molecule has 0 saturated carbocycles. The van der Waals surface area contributed by atoms with E-state index in [2.05, 4.69) is 0 Å². The molecule has 2 N–H and O–H groups in total. The molecule has 0 radical (unpaired) electrons. The SMILES string of the molecule is COc1cc2c(cc1OC)CN(C(=O)CN)CC2.Cl. The standard InChI is InChI=1S/C13H18N2O3.ClH/c1-17-11-5-9-3-4-15(13(16)7-14)8-10(9)6-12(11)18-2;/h5-6H,3-4,7-8,14H2,1-2H3;1H. The van der Waals surface area contributed by atoms with Crippen LogP contribution in [-0.4, -0.2) is 38.1 Å². The lowest BCUT2D eigenvalue weighted by Crippen LogP contribution is -2.39. The van der Waals surface area contributed by atoms with Crippen LogP contribution in [0, 0.1) is 0 Å². The smallest absolute Gasteiger partial charge is 0.236 e. The summed E-state index contributed by atoms with van der Waals surface area (Å²) >= 11 is 0. The molecule has 1 aromatic carbocycles. The Morgan fingerprint density at radius 1 is 1.26 bits per heavy atom. The second kappa shape index (κ2) is 6.63. The van der Waals surface area contributed by atoms with Crippen molar-refractivity contribution in [2.45, 2.75) is 13.0 Å². The zero-order valence-electron chi connectivity index (χ0n) is 11.1. The van der Waals surface area contributed by atoms with Crippen LogP contribution in [0.4, 0.5) is 0 Å². The number of halogens is 1. The van der Waals surface area contributed by atoms with Crippen molar-refractivity contribution in [1.82, 2.24) is 4.90 Å². The second-order valence-corrected chi connectivity index (χ2v) is 4.25. The Hall–Kier alpha value is -1.46. The second-order valence-electron chi connectivity index (χ2n) is 4.25. The van der Waals surface area contributed by atoms with Crippen LogP contribution >= 0.6 is 12.4 Å². The first-order valence-electron chi connectivity index (χ1n) is 5.91. The molecule has 1 amide bonds. The van der Waals surface area contributed by atoms with Crippen molar-refractivity contribution in [3.63, 3.8) is 0 Å². The molecule has 5 nitrogen and oxygen atoms in total. The number of hydrogen-bond acceptors (Lipinski definition) is 4. The van der Waals surface area contributed by atoms with Gasteiger partial charge in [-0.3, -0.25) is 4.79 Å². The van der Waals surface area contributed by atoms with Crippen molar-refractivity contribution in [3.05, 3.63) is 23.3 Å². The number of rotatable bonds is 3. The highest BCUT2D eigenvalue weighted by molar-refractivity contribution is 5.85. The van der Waals surface area contributed by atoms with Gasteiger partial charge >= 0.3 is 0 Å². The van der Waals surface area contributed by atoms with Crippen molar-refractivity contribution in [3.8, 4) is 11.5 Å². The average Bonchev–Trinajstić information content (AvgIpc) is 2.44. The van der Waals surface area contributed by atoms with E-state index in [1.165, 1.54) is 5.56 Å². The van der Waals surface area contributed by atoms with E-state index < -0.39 is 0 Å². The van der Waals surface area contributed by atoms with E-state index in [0.717, 1.165) is 17.7 Å². The maximum atomic E-state index is 11.6. The number of ether oxygens (including phenoxy) is 2. The number of hydrogen-bond donors (Lipinski definition) is 1. The lowest BCUT2D eigenvalue weighted by atomic mass is 9.98. The van der Waals surface area contributed by atoms with Gasteiger partial charge in [0.15, 0.2) is 11.5 Å². The van der Waals surface area contributed by atoms with E-state index in [1.54, 1.807) is 19.1 Å². The highest BCUT2D eigenvalue weighted by Crippen LogP contribution is 2.33. The van der Waals surface area contributed by atoms with Gasteiger partial charge in [-0.25, -0.2) is 0 Å². The highest BCUT2D eigenvalue weighted by Gasteiger charge is 2.21. The van der Waals surface area contributed by atoms with Gasteiger partial charge in [0.1, 0.15) is 0 Å². The highest BCUT2D eigenvalue weighted by atomic mass is 35.5. The molecule has 2 rings (SSSR count). The van der Waals surface area contributed by atoms with E-state index in [1.807, 2.05) is 12.1 Å². The average molecular weight is 287 g/mol. The fourth-order valence-electron chi connectivity index (χ4n) is 2.23. The molecule has 0 fully saturated rings. The van der Waals surface area contributed by atoms with Crippen LogP contribution in [0.2, 0.25) is 0 Å². The molecule has 0 saturated heterocycles. The van der Waals surface area contributed by atoms with E-state index in [0.29, 0.717) is 18.8 Å². The summed E-state index contributed by atoms with van der Waals surface area (Å²) in [5.41, 5.74) is 7.69. The van der Waals surface area contributed by atoms with Crippen LogP contribution in [0.15, 0.2) is 12.1 Å². The Morgan fingerprint density at radius 2 is 1.84 bits per heavy atom. The molecule has 0 aliphatic carbocycles. The summed E-state index contributed by atoms with van der Waals surface area (Å²) in [5, 5.41) is 0. The molecule has 106 valence electrons. The van der Waals surface area contributed by atoms with Gasteiger partial charge in [-0.15, -0.1) is 12.4 Å². The third-order valence-electron chi connectivity index (χ3n) is 3.25. The molecule has 0 spiro atoms. The van der Waals surface area contributed by atoms with Gasteiger partial charge in [0.05, 0.1) is 20.8 Å². The number of methoxy groups -OCH3 is 2. The molecule has 6 heteroatoms. The summed E-state index contributed by atoms with van der Waals surface area (Å²) in [5.74, 6) is 1.41. The molecule has 0 bridgehead atoms. The Morgan fingerprint density at radius 3 is 2.37 bits per heavy atom. The molecule has 1 aromatic rings. The summed E-state index contributed by atoms with van der Waals surface area (Å²) in [6.07, 6.45) is 0.821. The molecular formula is C13H19ClN2O3. The van der Waals surface area contributed by atoms with Crippen LogP contribution in [0.1, 0.15) is 11.1 Å². The van der Waals surface area contributed by atoms with Gasteiger partial charge in [0.25, 0.3) is 0 Å². The Bertz CT molecular complexity index is 465. The molecule has 1 aliphatic heterocycles. The predicted octanol–water partition coefficient (Wildman–Crippen LogP) is 0.969. The van der Waals surface area contributed by atoms with Crippen molar-refractivity contribution in [2.75, 3.05) is 27.3 Å². The Balaban J connectivity index is 0.00000180. The number of carbonyl (C=O) groups excluding carboxylic acids is 1. The molecule has 1 aliphatic rings. The third kappa shape index (κ3) is 3.11. The quantitative estimate of drug-likeness (QED) is 0.899. The topological polar surface area (TPSA) is 64.8 Å². The first-order chi connectivity index (χ1) is 8.69. The summed E-state index contributed by atoms with van der Waals surface area (Å²) in [6.45, 7) is 1.35. The van der Waals surface area contributed by atoms with Crippen molar-refractivity contribution < 1.29 is 14.3 Å². The first kappa shape index (κ1) is 15.6. The summed E-state index contributed by atoms with van der Waals surface area (Å²) in [6, 6.07) is 3.92. The molecule has 19 heavy (non-hydrogen) atoms. The van der Waals surface area contributed by atoms with Crippen LogP contribution in [0.5, 0.6) is 11.5 Å². The van der Waals surface area contributed by atoms with E-state index >= 15 is 0 Å². The molecule has 0 unspecified atom stereocenters. The maximum absolute atomic E-state index is 11.6. The van der Waals surface area contributed by atoms with Crippen LogP contribution in [0.25, 0.3) is 0 Å². The van der Waals surface area contributed by atoms with Gasteiger partial charge in [0.2, 0.25) is 5.91 Å². The minimum Gasteiger partial charge on any atom is -0.493 e. The molecule has 0 atom stereocenters. The lowest BCUT2D eigenvalue weighted by Gasteiger charge is -2.29. The zero-order chi connectivity index (χ0) is 13.1. The predicted molar refractivity (Wildman–Crippen MR) is 75.0 cm³/mol. The molecule has 1 heterocycles. The summed E-state index contributed by atoms with van der Waals surface area (Å²) < 4.78 is 10.5. The third-order valence-corrected chi connectivity index (χ3v) is 3.25. The zero-order valence-corrected chi connectivity index (χ0v) is 12.0. The first-order valence-corrected chi connectivity index (χ1v) is 5.91. The van der Waals surface area contributed by atoms with E-state index in [9.17, 15) is 4.79 Å². The number of nitrogens with two attached hydrogens (primary N) is 1. The monoisotopic (exact) mass is 286 g/mol. The number of fused-ring (bicyclic) bond motifs is 1. The van der Waals surface area contributed by atoms with Crippen molar-refractivity contribution in [2.24, 2.45) is 5.73 Å². The van der Waals surface area contributed by atoms with Crippen LogP contribution < -0.4 is 15.2 Å². The number of amides is 1. The fourth-order valence-corrected chi connectivity index (χ4v) is 2.23. The van der Waals surface area contributed by atoms with Crippen molar-refractivity contribution >= 4 is 18.3 Å². The Kier molecular flexibility index (Phi) is 5.44. The van der Waals surface area contributed by atoms with Gasteiger partial charge < -0.3 is 20.1 Å². The lowest BCUT2D eigenvalue weighted by molar-refractivity contribution is -0.130. The van der Waals surface area contributed by atoms with Crippen molar-refractivity contribution in [1.29, 1.82) is 0 Å². The van der Waals surface area contributed by atoms with Crippen LogP contribution in [0.3, 0.4) is 0 Å². The summed E-state index contributed by atoms with van der Waals surface area (Å²) in [4.78, 5) is 13.4. The molecule has 0 aromatic heterocycles. The largest absolute Gasteiger partial charge is 0.493 e. The van der Waals surface area contributed by atoms with E-state index in [-0.39, 0.29) is 24.9 Å². The fraction of sp³-hybridized carbons (Fsp3) is 0.462.